The Bertz CT molecular complexity index is 569. The zero-order valence-electron chi connectivity index (χ0n) is 10.7. The molecule has 4 N–H and O–H groups in total. The smallest absolute Gasteiger partial charge is 0.337 e. The number of aliphatic imine (C=N–C) groups is 1. The number of carboxylic acid groups (broad SMARTS) is 1. The van der Waals surface area contributed by atoms with E-state index in [4.69, 9.17) is 5.11 Å². The fraction of sp³-hybridized carbons (Fsp3) is 0.308. The summed E-state index contributed by atoms with van der Waals surface area (Å²) in [6.07, 6.45) is 1.84. The minimum absolute atomic E-state index is 0.119. The highest BCUT2D eigenvalue weighted by Crippen LogP contribution is 2.21. The summed E-state index contributed by atoms with van der Waals surface area (Å²) in [6, 6.07) is 3.73. The molecule has 7 heteroatoms. The Morgan fingerprint density at radius 3 is 2.85 bits per heavy atom. The number of amides is 1. The van der Waals surface area contributed by atoms with Gasteiger partial charge in [0.2, 0.25) is 0 Å². The van der Waals surface area contributed by atoms with Crippen LogP contribution in [0, 0.1) is 0 Å². The first-order valence-corrected chi connectivity index (χ1v) is 6.24. The fourth-order valence-electron chi connectivity index (χ4n) is 1.84. The van der Waals surface area contributed by atoms with Gasteiger partial charge < -0.3 is 20.8 Å². The molecular weight excluding hydrogens is 262 g/mol. The van der Waals surface area contributed by atoms with Crippen LogP contribution in [0.2, 0.25) is 0 Å². The normalized spacial score (nSPS) is 14.7. The topological polar surface area (TPSA) is 111 Å². The number of carbonyl (C=O) groups excluding carboxylic acids is 1. The lowest BCUT2D eigenvalue weighted by molar-refractivity contribution is -0.110. The van der Waals surface area contributed by atoms with E-state index in [9.17, 15) is 14.7 Å². The molecule has 20 heavy (non-hydrogen) atoms. The summed E-state index contributed by atoms with van der Waals surface area (Å²) in [4.78, 5) is 27.2. The Kier molecular flexibility index (Phi) is 4.19. The van der Waals surface area contributed by atoms with Gasteiger partial charge in [-0.3, -0.25) is 9.79 Å². The maximum Gasteiger partial charge on any atom is 0.337 e. The Morgan fingerprint density at radius 2 is 2.10 bits per heavy atom. The van der Waals surface area contributed by atoms with Gasteiger partial charge in [-0.2, -0.15) is 0 Å². The Balaban J connectivity index is 2.19. The van der Waals surface area contributed by atoms with Crippen LogP contribution in [0.15, 0.2) is 23.2 Å². The van der Waals surface area contributed by atoms with E-state index in [0.29, 0.717) is 13.1 Å². The first kappa shape index (κ1) is 13.9. The van der Waals surface area contributed by atoms with Crippen molar-refractivity contribution >= 4 is 23.4 Å². The summed E-state index contributed by atoms with van der Waals surface area (Å²) in [5.74, 6) is -1.69. The number of phenols is 1. The van der Waals surface area contributed by atoms with Crippen LogP contribution < -0.4 is 10.6 Å². The van der Waals surface area contributed by atoms with Crippen LogP contribution in [0.4, 0.5) is 5.69 Å². The lowest BCUT2D eigenvalue weighted by Gasteiger charge is -2.10. The number of hydrogen-bond acceptors (Lipinski definition) is 5. The van der Waals surface area contributed by atoms with Gasteiger partial charge in [-0.1, -0.05) is 0 Å². The van der Waals surface area contributed by atoms with Crippen LogP contribution in [0.3, 0.4) is 0 Å². The predicted octanol–water partition coefficient (Wildman–Crippen LogP) is 0.811. The lowest BCUT2D eigenvalue weighted by atomic mass is 10.1. The minimum Gasteiger partial charge on any atom is -0.508 e. The molecule has 0 spiro atoms. The molecule has 1 amide bonds. The molecule has 106 valence electrons. The molecule has 0 atom stereocenters. The summed E-state index contributed by atoms with van der Waals surface area (Å²) in [7, 11) is 0. The van der Waals surface area contributed by atoms with E-state index in [1.165, 1.54) is 12.1 Å². The first-order valence-electron chi connectivity index (χ1n) is 6.24. The highest BCUT2D eigenvalue weighted by atomic mass is 16.4. The number of phenolic OH excluding ortho intramolecular Hbond substituents is 1. The van der Waals surface area contributed by atoms with Crippen LogP contribution in [-0.4, -0.2) is 41.0 Å². The van der Waals surface area contributed by atoms with Crippen molar-refractivity contribution in [2.75, 3.05) is 18.4 Å². The Morgan fingerprint density at radius 1 is 1.30 bits per heavy atom. The molecule has 0 fully saturated rings. The molecule has 0 radical (unpaired) electrons. The van der Waals surface area contributed by atoms with Crippen molar-refractivity contribution in [3.05, 3.63) is 23.8 Å². The quantitative estimate of drug-likeness (QED) is 0.611. The molecule has 1 aromatic rings. The Labute approximate surface area is 115 Å². The maximum atomic E-state index is 12.0. The average molecular weight is 277 g/mol. The average Bonchev–Trinajstić information content (AvgIpc) is 2.69. The van der Waals surface area contributed by atoms with Crippen molar-refractivity contribution < 1.29 is 19.8 Å². The number of anilines is 1. The van der Waals surface area contributed by atoms with Gasteiger partial charge in [0.25, 0.3) is 5.91 Å². The summed E-state index contributed by atoms with van der Waals surface area (Å²) in [6.45, 7) is 1.23. The van der Waals surface area contributed by atoms with Gasteiger partial charge in [-0.05, 0) is 31.0 Å². The molecule has 1 aliphatic rings. The molecule has 1 heterocycles. The Hall–Kier alpha value is -2.57. The van der Waals surface area contributed by atoms with Gasteiger partial charge in [0.15, 0.2) is 5.84 Å². The van der Waals surface area contributed by atoms with Gasteiger partial charge in [-0.25, -0.2) is 4.79 Å². The lowest BCUT2D eigenvalue weighted by Crippen LogP contribution is -2.35. The van der Waals surface area contributed by atoms with Crippen LogP contribution >= 0.6 is 0 Å². The zero-order valence-corrected chi connectivity index (χ0v) is 10.7. The molecule has 1 aliphatic heterocycles. The van der Waals surface area contributed by atoms with Gasteiger partial charge in [0.1, 0.15) is 5.75 Å². The minimum atomic E-state index is -1.23. The number of rotatable bonds is 3. The summed E-state index contributed by atoms with van der Waals surface area (Å²) >= 11 is 0. The zero-order chi connectivity index (χ0) is 14.5. The second-order valence-electron chi connectivity index (χ2n) is 4.35. The standard InChI is InChI=1S/C13H15N3O4/c17-8-3-4-10(9(7-8)13(19)20)16-12(18)11-14-5-1-2-6-15-11/h3-4,7,17H,1-2,5-6H2,(H,14,15)(H,16,18)(H,19,20). The van der Waals surface area contributed by atoms with Crippen molar-refractivity contribution in [1.82, 2.24) is 5.32 Å². The third-order valence-electron chi connectivity index (χ3n) is 2.84. The molecule has 7 nitrogen and oxygen atoms in total. The van der Waals surface area contributed by atoms with E-state index in [2.05, 4.69) is 15.6 Å². The summed E-state index contributed by atoms with van der Waals surface area (Å²) < 4.78 is 0. The van der Waals surface area contributed by atoms with Crippen molar-refractivity contribution in [2.24, 2.45) is 4.99 Å². The van der Waals surface area contributed by atoms with Gasteiger partial charge >= 0.3 is 5.97 Å². The molecule has 0 saturated carbocycles. The van der Waals surface area contributed by atoms with E-state index in [-0.39, 0.29) is 22.8 Å². The van der Waals surface area contributed by atoms with E-state index in [0.717, 1.165) is 18.9 Å². The van der Waals surface area contributed by atoms with Gasteiger partial charge in [-0.15, -0.1) is 0 Å². The third kappa shape index (κ3) is 3.25. The van der Waals surface area contributed by atoms with Crippen molar-refractivity contribution in [3.63, 3.8) is 0 Å². The second-order valence-corrected chi connectivity index (χ2v) is 4.35. The fourth-order valence-corrected chi connectivity index (χ4v) is 1.84. The molecular formula is C13H15N3O4. The molecule has 1 aromatic carbocycles. The molecule has 0 aromatic heterocycles. The van der Waals surface area contributed by atoms with Crippen molar-refractivity contribution in [3.8, 4) is 5.75 Å². The van der Waals surface area contributed by atoms with Crippen molar-refractivity contribution in [2.45, 2.75) is 12.8 Å². The monoisotopic (exact) mass is 277 g/mol. The second kappa shape index (κ2) is 6.05. The van der Waals surface area contributed by atoms with Crippen LogP contribution in [0.1, 0.15) is 23.2 Å². The molecule has 2 rings (SSSR count). The predicted molar refractivity (Wildman–Crippen MR) is 73.2 cm³/mol. The number of carbonyl (C=O) groups is 2. The number of aromatic carboxylic acids is 1. The molecule has 0 unspecified atom stereocenters. The number of amidine groups is 1. The number of nitrogens with zero attached hydrogens (tertiary/aromatic N) is 1. The molecule has 0 aliphatic carbocycles. The summed E-state index contributed by atoms with van der Waals surface area (Å²) in [5, 5.41) is 23.7. The van der Waals surface area contributed by atoms with Crippen LogP contribution in [0.5, 0.6) is 5.75 Å². The first-order chi connectivity index (χ1) is 9.58. The van der Waals surface area contributed by atoms with Gasteiger partial charge in [0, 0.05) is 13.1 Å². The molecule has 0 saturated heterocycles. The van der Waals surface area contributed by atoms with E-state index in [1.54, 1.807) is 0 Å². The van der Waals surface area contributed by atoms with E-state index in [1.807, 2.05) is 0 Å². The number of nitrogens with one attached hydrogen (secondary N) is 2. The van der Waals surface area contributed by atoms with Crippen molar-refractivity contribution in [1.29, 1.82) is 0 Å². The highest BCUT2D eigenvalue weighted by Gasteiger charge is 2.17. The largest absolute Gasteiger partial charge is 0.508 e. The van der Waals surface area contributed by atoms with E-state index >= 15 is 0 Å². The highest BCUT2D eigenvalue weighted by molar-refractivity contribution is 6.42. The van der Waals surface area contributed by atoms with Crippen LogP contribution in [0.25, 0.3) is 0 Å². The maximum absolute atomic E-state index is 12.0. The number of aromatic hydroxyl groups is 1. The summed E-state index contributed by atoms with van der Waals surface area (Å²) in [5.41, 5.74) is -0.0541. The SMILES string of the molecule is O=C(Nc1ccc(O)cc1C(=O)O)C1=NCCCCN1. The number of benzene rings is 1. The molecule has 0 bridgehead atoms. The van der Waals surface area contributed by atoms with E-state index < -0.39 is 11.9 Å². The van der Waals surface area contributed by atoms with Gasteiger partial charge in [0.05, 0.1) is 11.3 Å². The number of hydrogen-bond donors (Lipinski definition) is 4. The number of carboxylic acids is 1. The van der Waals surface area contributed by atoms with Crippen LogP contribution in [-0.2, 0) is 4.79 Å². The third-order valence-corrected chi connectivity index (χ3v) is 2.84.